The van der Waals surface area contributed by atoms with Crippen molar-refractivity contribution < 1.29 is 29.9 Å². The van der Waals surface area contributed by atoms with Crippen LogP contribution >= 0.6 is 0 Å². The molecule has 6 heteroatoms. The van der Waals surface area contributed by atoms with Crippen LogP contribution in [0.1, 0.15) is 5.56 Å². The van der Waals surface area contributed by atoms with Crippen LogP contribution in [-0.4, -0.2) is 52.1 Å². The third-order valence-corrected chi connectivity index (χ3v) is 4.06. The van der Waals surface area contributed by atoms with Crippen LogP contribution in [-0.2, 0) is 15.9 Å². The third-order valence-electron chi connectivity index (χ3n) is 4.06. The molecule has 1 aliphatic heterocycles. The Bertz CT molecular complexity index is 675. The van der Waals surface area contributed by atoms with Crippen molar-refractivity contribution in [1.29, 1.82) is 0 Å². The Morgan fingerprint density at radius 3 is 2.08 bits per heavy atom. The fraction of sp³-hybridized carbons (Fsp3) is 0.333. The Morgan fingerprint density at radius 2 is 1.50 bits per heavy atom. The van der Waals surface area contributed by atoms with Gasteiger partial charge >= 0.3 is 0 Å². The first-order valence-electron chi connectivity index (χ1n) is 7.75. The number of benzene rings is 2. The maximum Gasteiger partial charge on any atom is 0.162 e. The van der Waals surface area contributed by atoms with Gasteiger partial charge in [-0.25, -0.2) is 0 Å². The van der Waals surface area contributed by atoms with E-state index in [0.29, 0.717) is 11.1 Å². The Morgan fingerprint density at radius 1 is 0.875 bits per heavy atom. The molecule has 1 saturated heterocycles. The molecule has 1 aliphatic rings. The number of aromatic hydroxyl groups is 2. The quantitative estimate of drug-likeness (QED) is 0.661. The van der Waals surface area contributed by atoms with Crippen molar-refractivity contribution in [3.05, 3.63) is 48.0 Å². The van der Waals surface area contributed by atoms with Crippen molar-refractivity contribution in [3.8, 4) is 22.6 Å². The van der Waals surface area contributed by atoms with E-state index in [1.54, 1.807) is 6.07 Å². The number of hydrogen-bond acceptors (Lipinski definition) is 6. The molecule has 2 aromatic carbocycles. The zero-order chi connectivity index (χ0) is 17.1. The van der Waals surface area contributed by atoms with Gasteiger partial charge in [0, 0.05) is 18.1 Å². The van der Waals surface area contributed by atoms with Gasteiger partial charge in [0.15, 0.2) is 6.29 Å². The van der Waals surface area contributed by atoms with Gasteiger partial charge in [-0.3, -0.25) is 0 Å². The normalized spacial score (nSPS) is 21.2. The molecule has 1 fully saturated rings. The summed E-state index contributed by atoms with van der Waals surface area (Å²) >= 11 is 0. The summed E-state index contributed by atoms with van der Waals surface area (Å²) in [6.45, 7) is -0.503. The van der Waals surface area contributed by atoms with E-state index in [-0.39, 0.29) is 31.1 Å². The minimum absolute atomic E-state index is 0.0355. The highest BCUT2D eigenvalue weighted by atomic mass is 16.7. The fourth-order valence-electron chi connectivity index (χ4n) is 2.96. The molecule has 4 N–H and O–H groups in total. The highest BCUT2D eigenvalue weighted by Crippen LogP contribution is 2.37. The lowest BCUT2D eigenvalue weighted by Crippen LogP contribution is -2.29. The van der Waals surface area contributed by atoms with Crippen LogP contribution in [0.5, 0.6) is 11.5 Å². The Labute approximate surface area is 139 Å². The van der Waals surface area contributed by atoms with Gasteiger partial charge in [-0.15, -0.1) is 0 Å². The molecule has 0 aliphatic carbocycles. The summed E-state index contributed by atoms with van der Waals surface area (Å²) in [6.07, 6.45) is -1.60. The van der Waals surface area contributed by atoms with E-state index in [4.69, 9.17) is 9.47 Å². The van der Waals surface area contributed by atoms with Gasteiger partial charge < -0.3 is 29.9 Å². The van der Waals surface area contributed by atoms with E-state index in [0.717, 1.165) is 5.56 Å². The monoisotopic (exact) mass is 332 g/mol. The molecule has 128 valence electrons. The van der Waals surface area contributed by atoms with E-state index in [1.807, 2.05) is 30.3 Å². The Hall–Kier alpha value is -2.12. The number of phenols is 2. The molecule has 2 atom stereocenters. The number of ether oxygens (including phenoxy) is 2. The standard InChI is InChI=1S/C18H20O6/c19-9-15-16(10-20)24-17(23-15)7-12-6-13(21)8-14(22)18(12)11-4-2-1-3-5-11/h1-6,8,15-17,19-22H,7,9-10H2/t15-,16-/m0/s1. The summed E-state index contributed by atoms with van der Waals surface area (Å²) in [5.41, 5.74) is 2.05. The summed E-state index contributed by atoms with van der Waals surface area (Å²) < 4.78 is 11.2. The third kappa shape index (κ3) is 3.37. The largest absolute Gasteiger partial charge is 0.508 e. The zero-order valence-corrected chi connectivity index (χ0v) is 13.0. The van der Waals surface area contributed by atoms with Crippen molar-refractivity contribution in [1.82, 2.24) is 0 Å². The van der Waals surface area contributed by atoms with Gasteiger partial charge in [0.25, 0.3) is 0 Å². The van der Waals surface area contributed by atoms with Crippen LogP contribution in [0.2, 0.25) is 0 Å². The molecule has 3 rings (SSSR count). The zero-order valence-electron chi connectivity index (χ0n) is 13.0. The van der Waals surface area contributed by atoms with Crippen LogP contribution in [0.25, 0.3) is 11.1 Å². The van der Waals surface area contributed by atoms with Crippen LogP contribution in [0.15, 0.2) is 42.5 Å². The summed E-state index contributed by atoms with van der Waals surface area (Å²) in [4.78, 5) is 0. The highest BCUT2D eigenvalue weighted by Gasteiger charge is 2.35. The van der Waals surface area contributed by atoms with Crippen LogP contribution in [0.3, 0.4) is 0 Å². The number of aliphatic hydroxyl groups excluding tert-OH is 2. The molecule has 1 heterocycles. The predicted molar refractivity (Wildman–Crippen MR) is 86.6 cm³/mol. The second-order valence-electron chi connectivity index (χ2n) is 5.71. The summed E-state index contributed by atoms with van der Waals surface area (Å²) in [7, 11) is 0. The van der Waals surface area contributed by atoms with Crippen molar-refractivity contribution in [2.45, 2.75) is 24.9 Å². The second-order valence-corrected chi connectivity index (χ2v) is 5.71. The number of aliphatic hydroxyl groups is 2. The fourth-order valence-corrected chi connectivity index (χ4v) is 2.96. The average molecular weight is 332 g/mol. The van der Waals surface area contributed by atoms with Gasteiger partial charge in [0.1, 0.15) is 23.7 Å². The maximum atomic E-state index is 10.3. The smallest absolute Gasteiger partial charge is 0.162 e. The van der Waals surface area contributed by atoms with Gasteiger partial charge in [-0.1, -0.05) is 30.3 Å². The first-order chi connectivity index (χ1) is 11.6. The molecular formula is C18H20O6. The molecule has 0 bridgehead atoms. The molecule has 6 nitrogen and oxygen atoms in total. The van der Waals surface area contributed by atoms with Gasteiger partial charge in [0.05, 0.1) is 13.2 Å². The lowest BCUT2D eigenvalue weighted by molar-refractivity contribution is -0.0724. The lowest BCUT2D eigenvalue weighted by atomic mass is 9.96. The van der Waals surface area contributed by atoms with E-state index in [1.165, 1.54) is 6.07 Å². The molecule has 0 unspecified atom stereocenters. The number of rotatable bonds is 5. The summed E-state index contributed by atoms with van der Waals surface area (Å²) in [6, 6.07) is 12.2. The molecule has 24 heavy (non-hydrogen) atoms. The number of hydrogen-bond donors (Lipinski definition) is 4. The highest BCUT2D eigenvalue weighted by molar-refractivity contribution is 5.75. The molecule has 0 aromatic heterocycles. The summed E-state index contributed by atoms with van der Waals surface area (Å²) in [5, 5.41) is 38.6. The van der Waals surface area contributed by atoms with Crippen molar-refractivity contribution in [2.24, 2.45) is 0 Å². The predicted octanol–water partition coefficient (Wildman–Crippen LogP) is 1.40. The first-order valence-corrected chi connectivity index (χ1v) is 7.75. The minimum atomic E-state index is -0.678. The molecule has 0 radical (unpaired) electrons. The minimum Gasteiger partial charge on any atom is -0.508 e. The van der Waals surface area contributed by atoms with Crippen molar-refractivity contribution in [2.75, 3.05) is 13.2 Å². The molecule has 0 amide bonds. The van der Waals surface area contributed by atoms with Gasteiger partial charge in [-0.05, 0) is 17.2 Å². The Kier molecular flexibility index (Phi) is 5.01. The van der Waals surface area contributed by atoms with E-state index < -0.39 is 18.5 Å². The second kappa shape index (κ2) is 7.19. The average Bonchev–Trinajstić information content (AvgIpc) is 2.97. The van der Waals surface area contributed by atoms with Crippen molar-refractivity contribution >= 4 is 0 Å². The van der Waals surface area contributed by atoms with Crippen LogP contribution in [0, 0.1) is 0 Å². The van der Waals surface area contributed by atoms with Crippen LogP contribution < -0.4 is 0 Å². The maximum absolute atomic E-state index is 10.3. The Balaban J connectivity index is 1.91. The SMILES string of the molecule is OC[C@@H]1OC(Cc2cc(O)cc(O)c2-c2ccccc2)O[C@H]1CO. The molecular weight excluding hydrogens is 312 g/mol. The molecule has 2 aromatic rings. The first kappa shape index (κ1) is 16.7. The topological polar surface area (TPSA) is 99.4 Å². The van der Waals surface area contributed by atoms with Crippen molar-refractivity contribution in [3.63, 3.8) is 0 Å². The number of phenolic OH excluding ortho intramolecular Hbond substituents is 2. The molecule has 0 spiro atoms. The van der Waals surface area contributed by atoms with E-state index >= 15 is 0 Å². The van der Waals surface area contributed by atoms with E-state index in [2.05, 4.69) is 0 Å². The summed E-state index contributed by atoms with van der Waals surface area (Å²) in [5.74, 6) is -0.0933. The van der Waals surface area contributed by atoms with Crippen LogP contribution in [0.4, 0.5) is 0 Å². The van der Waals surface area contributed by atoms with Gasteiger partial charge in [-0.2, -0.15) is 0 Å². The lowest BCUT2D eigenvalue weighted by Gasteiger charge is -2.16. The van der Waals surface area contributed by atoms with Gasteiger partial charge in [0.2, 0.25) is 0 Å². The molecule has 0 saturated carbocycles. The van der Waals surface area contributed by atoms with E-state index in [9.17, 15) is 20.4 Å².